The van der Waals surface area contributed by atoms with Crippen molar-refractivity contribution in [2.45, 2.75) is 213 Å². The number of benzene rings is 1. The SMILES string of the molecule is CCCCCCCCCCCCOc1cc(C(=O)NCCOCCOCCO)cc(OCCCCCCCCCCCC)c1OCCCCCCCCCCCC. The van der Waals surface area contributed by atoms with Crippen LogP contribution in [0.4, 0.5) is 0 Å². The summed E-state index contributed by atoms with van der Waals surface area (Å²) < 4.78 is 30.2. The molecule has 0 bridgehead atoms. The van der Waals surface area contributed by atoms with E-state index < -0.39 is 0 Å². The number of carbonyl (C=O) groups is 1. The molecule has 0 spiro atoms. The Morgan fingerprint density at radius 1 is 0.439 bits per heavy atom. The number of amides is 1. The zero-order valence-electron chi connectivity index (χ0n) is 37.6. The summed E-state index contributed by atoms with van der Waals surface area (Å²) in [5.41, 5.74) is 0.503. The first-order valence-corrected chi connectivity index (χ1v) is 24.3. The number of aliphatic hydroxyl groups excluding tert-OH is 1. The summed E-state index contributed by atoms with van der Waals surface area (Å²) in [6.45, 7) is 10.4. The van der Waals surface area contributed by atoms with Gasteiger partial charge >= 0.3 is 0 Å². The van der Waals surface area contributed by atoms with E-state index in [0.29, 0.717) is 75.6 Å². The minimum Gasteiger partial charge on any atom is -0.490 e. The molecule has 8 nitrogen and oxygen atoms in total. The van der Waals surface area contributed by atoms with Crippen molar-refractivity contribution in [3.63, 3.8) is 0 Å². The van der Waals surface area contributed by atoms with Crippen molar-refractivity contribution in [2.75, 3.05) is 59.4 Å². The van der Waals surface area contributed by atoms with Gasteiger partial charge in [0.05, 0.1) is 52.9 Å². The van der Waals surface area contributed by atoms with Gasteiger partial charge in [-0.2, -0.15) is 0 Å². The molecule has 0 saturated heterocycles. The molecule has 0 aromatic heterocycles. The molecule has 0 aliphatic heterocycles. The molecule has 1 rings (SSSR count). The van der Waals surface area contributed by atoms with Gasteiger partial charge in [-0.25, -0.2) is 0 Å². The van der Waals surface area contributed by atoms with Crippen LogP contribution in [0.3, 0.4) is 0 Å². The molecule has 334 valence electrons. The van der Waals surface area contributed by atoms with Gasteiger partial charge in [0.15, 0.2) is 11.5 Å². The van der Waals surface area contributed by atoms with Crippen LogP contribution in [0.2, 0.25) is 0 Å². The van der Waals surface area contributed by atoms with Gasteiger partial charge in [0, 0.05) is 12.1 Å². The Balaban J connectivity index is 2.87. The molecule has 0 fully saturated rings. The predicted octanol–water partition coefficient (Wildman–Crippen LogP) is 13.3. The Bertz CT molecular complexity index is 959. The van der Waals surface area contributed by atoms with Crippen LogP contribution in [-0.2, 0) is 9.47 Å². The molecule has 8 heteroatoms. The van der Waals surface area contributed by atoms with Crippen molar-refractivity contribution in [1.82, 2.24) is 5.32 Å². The monoisotopic (exact) mass is 806 g/mol. The van der Waals surface area contributed by atoms with Crippen molar-refractivity contribution < 1.29 is 33.6 Å². The fraction of sp³-hybridized carbons (Fsp3) is 0.857. The molecule has 0 heterocycles. The standard InChI is InChI=1S/C49H91NO7/c1-4-7-10-13-16-19-22-25-28-31-36-55-46-43-45(49(52)50-34-39-53-41-42-54-40-35-51)44-47(56-37-32-29-26-23-20-17-14-11-8-5-2)48(46)57-38-33-30-27-24-21-18-15-12-9-6-3/h43-44,51H,4-42H2,1-3H3,(H,50,52). The zero-order chi connectivity index (χ0) is 41.1. The molecule has 0 aliphatic carbocycles. The van der Waals surface area contributed by atoms with Crippen molar-refractivity contribution >= 4 is 5.91 Å². The van der Waals surface area contributed by atoms with E-state index in [1.165, 1.54) is 154 Å². The van der Waals surface area contributed by atoms with Gasteiger partial charge < -0.3 is 34.1 Å². The van der Waals surface area contributed by atoms with E-state index in [1.54, 1.807) is 0 Å². The van der Waals surface area contributed by atoms with Crippen LogP contribution >= 0.6 is 0 Å². The van der Waals surface area contributed by atoms with E-state index in [9.17, 15) is 4.79 Å². The molecule has 1 aromatic carbocycles. The summed E-state index contributed by atoms with van der Waals surface area (Å²) in [5.74, 6) is 1.64. The predicted molar refractivity (Wildman–Crippen MR) is 240 cm³/mol. The summed E-state index contributed by atoms with van der Waals surface area (Å²) in [6.07, 6.45) is 38.1. The van der Waals surface area contributed by atoms with Crippen LogP contribution in [0.15, 0.2) is 12.1 Å². The summed E-state index contributed by atoms with van der Waals surface area (Å²) in [4.78, 5) is 13.4. The fourth-order valence-electron chi connectivity index (χ4n) is 7.10. The highest BCUT2D eigenvalue weighted by atomic mass is 16.5. The summed E-state index contributed by atoms with van der Waals surface area (Å²) in [7, 11) is 0. The molecule has 0 unspecified atom stereocenters. The number of hydrogen-bond acceptors (Lipinski definition) is 7. The van der Waals surface area contributed by atoms with E-state index in [-0.39, 0.29) is 12.5 Å². The Hall–Kier alpha value is -2.03. The third-order valence-corrected chi connectivity index (χ3v) is 10.7. The third kappa shape index (κ3) is 32.5. The Labute approximate surface area is 351 Å². The molecular formula is C49H91NO7. The maximum absolute atomic E-state index is 13.4. The Morgan fingerprint density at radius 3 is 1.14 bits per heavy atom. The fourth-order valence-corrected chi connectivity index (χ4v) is 7.10. The topological polar surface area (TPSA) is 95.5 Å². The van der Waals surface area contributed by atoms with E-state index in [4.69, 9.17) is 28.8 Å². The number of nitrogens with one attached hydrogen (secondary N) is 1. The summed E-state index contributed by atoms with van der Waals surface area (Å²) in [6, 6.07) is 3.66. The highest BCUT2D eigenvalue weighted by molar-refractivity contribution is 5.95. The highest BCUT2D eigenvalue weighted by Crippen LogP contribution is 2.40. The van der Waals surface area contributed by atoms with Crippen molar-refractivity contribution in [3.8, 4) is 17.2 Å². The molecule has 0 aliphatic rings. The Kier molecular flexibility index (Phi) is 39.1. The van der Waals surface area contributed by atoms with Gasteiger partial charge in [0.25, 0.3) is 5.91 Å². The molecule has 2 N–H and O–H groups in total. The summed E-state index contributed by atoms with van der Waals surface area (Å²) >= 11 is 0. The number of rotatable bonds is 45. The lowest BCUT2D eigenvalue weighted by Crippen LogP contribution is -2.27. The smallest absolute Gasteiger partial charge is 0.251 e. The van der Waals surface area contributed by atoms with E-state index in [1.807, 2.05) is 12.1 Å². The van der Waals surface area contributed by atoms with Crippen LogP contribution in [0, 0.1) is 0 Å². The largest absolute Gasteiger partial charge is 0.490 e. The van der Waals surface area contributed by atoms with Gasteiger partial charge in [0.2, 0.25) is 5.75 Å². The second-order valence-corrected chi connectivity index (χ2v) is 16.1. The van der Waals surface area contributed by atoms with Gasteiger partial charge in [-0.15, -0.1) is 0 Å². The molecule has 0 atom stereocenters. The lowest BCUT2D eigenvalue weighted by Gasteiger charge is -2.19. The Morgan fingerprint density at radius 2 is 0.772 bits per heavy atom. The molecular weight excluding hydrogens is 715 g/mol. The molecule has 57 heavy (non-hydrogen) atoms. The normalized spacial score (nSPS) is 11.3. The first-order chi connectivity index (χ1) is 28.2. The minimum absolute atomic E-state index is 0.00485. The third-order valence-electron chi connectivity index (χ3n) is 10.7. The van der Waals surface area contributed by atoms with Crippen LogP contribution in [0.5, 0.6) is 17.2 Å². The van der Waals surface area contributed by atoms with E-state index in [0.717, 1.165) is 38.5 Å². The highest BCUT2D eigenvalue weighted by Gasteiger charge is 2.19. The lowest BCUT2D eigenvalue weighted by molar-refractivity contribution is 0.0338. The number of ether oxygens (including phenoxy) is 5. The molecule has 0 saturated carbocycles. The number of carbonyl (C=O) groups excluding carboxylic acids is 1. The van der Waals surface area contributed by atoms with Gasteiger partial charge in [-0.1, -0.05) is 194 Å². The summed E-state index contributed by atoms with van der Waals surface area (Å²) in [5, 5.41) is 11.9. The average molecular weight is 806 g/mol. The van der Waals surface area contributed by atoms with Crippen molar-refractivity contribution in [3.05, 3.63) is 17.7 Å². The average Bonchev–Trinajstić information content (AvgIpc) is 3.22. The number of hydrogen-bond donors (Lipinski definition) is 2. The van der Waals surface area contributed by atoms with Crippen LogP contribution in [0.25, 0.3) is 0 Å². The first-order valence-electron chi connectivity index (χ1n) is 24.3. The van der Waals surface area contributed by atoms with Crippen molar-refractivity contribution in [1.29, 1.82) is 0 Å². The molecule has 1 aromatic rings. The maximum atomic E-state index is 13.4. The number of aliphatic hydroxyl groups is 1. The van der Waals surface area contributed by atoms with E-state index >= 15 is 0 Å². The quantitative estimate of drug-likeness (QED) is 0.0634. The second-order valence-electron chi connectivity index (χ2n) is 16.1. The van der Waals surface area contributed by atoms with Gasteiger partial charge in [-0.05, 0) is 31.4 Å². The molecule has 0 radical (unpaired) electrons. The van der Waals surface area contributed by atoms with Gasteiger partial charge in [0.1, 0.15) is 0 Å². The lowest BCUT2D eigenvalue weighted by atomic mass is 10.1. The number of unbranched alkanes of at least 4 members (excludes halogenated alkanes) is 27. The van der Waals surface area contributed by atoms with Crippen LogP contribution in [-0.4, -0.2) is 70.4 Å². The van der Waals surface area contributed by atoms with Crippen molar-refractivity contribution in [2.24, 2.45) is 0 Å². The second kappa shape index (κ2) is 42.1. The molecule has 1 amide bonds. The van der Waals surface area contributed by atoms with E-state index in [2.05, 4.69) is 26.1 Å². The zero-order valence-corrected chi connectivity index (χ0v) is 37.6. The minimum atomic E-state index is -0.191. The van der Waals surface area contributed by atoms with Gasteiger partial charge in [-0.3, -0.25) is 4.79 Å². The first kappa shape index (κ1) is 53.0. The van der Waals surface area contributed by atoms with Crippen LogP contribution < -0.4 is 19.5 Å². The maximum Gasteiger partial charge on any atom is 0.251 e. The van der Waals surface area contributed by atoms with Crippen LogP contribution in [0.1, 0.15) is 224 Å².